The Morgan fingerprint density at radius 1 is 1.64 bits per heavy atom. The van der Waals surface area contributed by atoms with Gasteiger partial charge in [0.2, 0.25) is 0 Å². The maximum absolute atomic E-state index is 11.0. The molecule has 1 amide bonds. The van der Waals surface area contributed by atoms with Crippen molar-refractivity contribution in [3.8, 4) is 0 Å². The van der Waals surface area contributed by atoms with E-state index in [-0.39, 0.29) is 5.75 Å². The van der Waals surface area contributed by atoms with Gasteiger partial charge in [-0.05, 0) is 12.5 Å². The molecule has 80 valence electrons. The van der Waals surface area contributed by atoms with Crippen LogP contribution >= 0.6 is 0 Å². The first kappa shape index (κ1) is 11.0. The van der Waals surface area contributed by atoms with Crippen molar-refractivity contribution in [1.82, 2.24) is 5.32 Å². The molecule has 5 nitrogen and oxygen atoms in total. The topological polar surface area (TPSA) is 72.5 Å². The van der Waals surface area contributed by atoms with Crippen molar-refractivity contribution in [1.29, 1.82) is 0 Å². The molecule has 0 aromatic carbocycles. The number of nitrogens with one attached hydrogen (secondary N) is 1. The van der Waals surface area contributed by atoms with Gasteiger partial charge in [0.15, 0.2) is 9.84 Å². The van der Waals surface area contributed by atoms with Crippen LogP contribution in [0.2, 0.25) is 0 Å². The summed E-state index contributed by atoms with van der Waals surface area (Å²) in [5.41, 5.74) is 0. The fraction of sp³-hybridized carbons (Fsp3) is 0.625. The number of carbonyl (C=O) groups excluding carboxylic acids is 1. The number of sulfone groups is 1. The van der Waals surface area contributed by atoms with Gasteiger partial charge in [-0.15, -0.1) is 0 Å². The molecule has 0 fully saturated rings. The van der Waals surface area contributed by atoms with E-state index in [1.54, 1.807) is 0 Å². The second-order valence-electron chi connectivity index (χ2n) is 3.04. The molecular formula is C8H13NO4S. The van der Waals surface area contributed by atoms with Crippen LogP contribution in [0, 0.1) is 0 Å². The van der Waals surface area contributed by atoms with Crippen LogP contribution in [-0.2, 0) is 14.6 Å². The second kappa shape index (κ2) is 4.45. The van der Waals surface area contributed by atoms with E-state index in [2.05, 4.69) is 5.32 Å². The lowest BCUT2D eigenvalue weighted by Gasteiger charge is -2.09. The van der Waals surface area contributed by atoms with E-state index in [0.717, 1.165) is 11.8 Å². The molecule has 0 saturated heterocycles. The Labute approximate surface area is 83.0 Å². The molecule has 0 spiro atoms. The number of alkyl carbamates (subject to hydrolysis) is 1. The average Bonchev–Trinajstić information content (AvgIpc) is 2.42. The predicted octanol–water partition coefficient (Wildman–Crippen LogP) is 0.433. The van der Waals surface area contributed by atoms with Crippen LogP contribution in [0.3, 0.4) is 0 Å². The summed E-state index contributed by atoms with van der Waals surface area (Å²) in [6.07, 6.45) is 1.62. The second-order valence-corrected chi connectivity index (χ2v) is 4.98. The number of carbonyl (C=O) groups is 1. The van der Waals surface area contributed by atoms with Gasteiger partial charge in [-0.25, -0.2) is 13.2 Å². The maximum Gasteiger partial charge on any atom is 0.407 e. The van der Waals surface area contributed by atoms with Crippen LogP contribution in [-0.4, -0.2) is 32.9 Å². The number of hydrogen-bond donors (Lipinski definition) is 1. The summed E-state index contributed by atoms with van der Waals surface area (Å²) in [4.78, 5) is 11.0. The fourth-order valence-electron chi connectivity index (χ4n) is 1.05. The summed E-state index contributed by atoms with van der Waals surface area (Å²) in [6, 6.07) is -0.454. The summed E-state index contributed by atoms with van der Waals surface area (Å²) < 4.78 is 26.7. The molecule has 6 heteroatoms. The van der Waals surface area contributed by atoms with Gasteiger partial charge in [-0.2, -0.15) is 0 Å². The SMILES string of the molecule is CCCOC(=O)N[C@H]1C=CS(=O)(=O)C1. The van der Waals surface area contributed by atoms with Gasteiger partial charge in [0.1, 0.15) is 0 Å². The minimum atomic E-state index is -3.11. The molecule has 0 aromatic rings. The molecule has 0 saturated carbocycles. The van der Waals surface area contributed by atoms with E-state index in [1.165, 1.54) is 6.08 Å². The number of hydrogen-bond acceptors (Lipinski definition) is 4. The Balaban J connectivity index is 2.34. The molecule has 1 aliphatic rings. The zero-order chi connectivity index (χ0) is 10.6. The van der Waals surface area contributed by atoms with Crippen molar-refractivity contribution >= 4 is 15.9 Å². The zero-order valence-corrected chi connectivity index (χ0v) is 8.71. The molecule has 0 radical (unpaired) electrons. The molecule has 1 atom stereocenters. The average molecular weight is 219 g/mol. The first-order valence-electron chi connectivity index (χ1n) is 4.38. The van der Waals surface area contributed by atoms with Gasteiger partial charge in [-0.3, -0.25) is 0 Å². The van der Waals surface area contributed by atoms with Gasteiger partial charge >= 0.3 is 6.09 Å². The highest BCUT2D eigenvalue weighted by Crippen LogP contribution is 2.07. The molecular weight excluding hydrogens is 206 g/mol. The lowest BCUT2D eigenvalue weighted by atomic mass is 10.3. The van der Waals surface area contributed by atoms with E-state index >= 15 is 0 Å². The van der Waals surface area contributed by atoms with Crippen LogP contribution in [0.4, 0.5) is 4.79 Å². The molecule has 0 aliphatic carbocycles. The van der Waals surface area contributed by atoms with Crippen LogP contribution < -0.4 is 5.32 Å². The monoisotopic (exact) mass is 219 g/mol. The van der Waals surface area contributed by atoms with E-state index in [1.807, 2.05) is 6.92 Å². The van der Waals surface area contributed by atoms with Crippen LogP contribution in [0.25, 0.3) is 0 Å². The van der Waals surface area contributed by atoms with Gasteiger partial charge in [0, 0.05) is 5.41 Å². The lowest BCUT2D eigenvalue weighted by molar-refractivity contribution is 0.145. The summed E-state index contributed by atoms with van der Waals surface area (Å²) in [6.45, 7) is 2.22. The smallest absolute Gasteiger partial charge is 0.407 e. The Hall–Kier alpha value is -1.04. The van der Waals surface area contributed by atoms with Crippen LogP contribution in [0.1, 0.15) is 13.3 Å². The lowest BCUT2D eigenvalue weighted by Crippen LogP contribution is -2.35. The molecule has 1 N–H and O–H groups in total. The number of amides is 1. The first-order chi connectivity index (χ1) is 6.53. The summed E-state index contributed by atoms with van der Waals surface area (Å²) in [7, 11) is -3.11. The zero-order valence-electron chi connectivity index (χ0n) is 7.89. The Kier molecular flexibility index (Phi) is 3.51. The summed E-state index contributed by atoms with van der Waals surface area (Å²) >= 11 is 0. The molecule has 0 aromatic heterocycles. The van der Waals surface area contributed by atoms with Gasteiger partial charge < -0.3 is 10.1 Å². The standard InChI is InChI=1S/C8H13NO4S/c1-2-4-13-8(10)9-7-3-5-14(11,12)6-7/h3,5,7H,2,4,6H2,1H3,(H,9,10)/t7-/m0/s1. The van der Waals surface area contributed by atoms with Crippen molar-refractivity contribution in [2.75, 3.05) is 12.4 Å². The van der Waals surface area contributed by atoms with E-state index in [0.29, 0.717) is 6.61 Å². The molecule has 14 heavy (non-hydrogen) atoms. The van der Waals surface area contributed by atoms with Gasteiger partial charge in [0.05, 0.1) is 18.4 Å². The van der Waals surface area contributed by atoms with Crippen molar-refractivity contribution in [2.24, 2.45) is 0 Å². The van der Waals surface area contributed by atoms with Gasteiger partial charge in [-0.1, -0.05) is 6.92 Å². The molecule has 0 unspecified atom stereocenters. The highest BCUT2D eigenvalue weighted by molar-refractivity contribution is 7.94. The minimum absolute atomic E-state index is 0.0752. The summed E-state index contributed by atoms with van der Waals surface area (Å²) in [5.74, 6) is -0.0752. The molecule has 1 rings (SSSR count). The van der Waals surface area contributed by atoms with E-state index < -0.39 is 22.0 Å². The minimum Gasteiger partial charge on any atom is -0.450 e. The Morgan fingerprint density at radius 3 is 2.86 bits per heavy atom. The first-order valence-corrected chi connectivity index (χ1v) is 6.09. The number of rotatable bonds is 3. The normalized spacial score (nSPS) is 23.4. The molecule has 1 aliphatic heterocycles. The van der Waals surface area contributed by atoms with Crippen molar-refractivity contribution in [3.05, 3.63) is 11.5 Å². The number of ether oxygens (including phenoxy) is 1. The van der Waals surface area contributed by atoms with Crippen molar-refractivity contribution in [2.45, 2.75) is 19.4 Å². The largest absolute Gasteiger partial charge is 0.450 e. The Morgan fingerprint density at radius 2 is 2.36 bits per heavy atom. The summed E-state index contributed by atoms with van der Waals surface area (Å²) in [5, 5.41) is 3.55. The molecule has 0 bridgehead atoms. The van der Waals surface area contributed by atoms with E-state index in [9.17, 15) is 13.2 Å². The fourth-order valence-corrected chi connectivity index (χ4v) is 2.29. The predicted molar refractivity (Wildman–Crippen MR) is 51.5 cm³/mol. The third-order valence-electron chi connectivity index (χ3n) is 1.67. The third kappa shape index (κ3) is 3.37. The molecule has 1 heterocycles. The maximum atomic E-state index is 11.0. The van der Waals surface area contributed by atoms with Crippen LogP contribution in [0.15, 0.2) is 11.5 Å². The van der Waals surface area contributed by atoms with Crippen molar-refractivity contribution < 1.29 is 17.9 Å². The highest BCUT2D eigenvalue weighted by Gasteiger charge is 2.23. The van der Waals surface area contributed by atoms with Crippen LogP contribution in [0.5, 0.6) is 0 Å². The Bertz CT molecular complexity index is 333. The van der Waals surface area contributed by atoms with Crippen molar-refractivity contribution in [3.63, 3.8) is 0 Å². The van der Waals surface area contributed by atoms with Gasteiger partial charge in [0.25, 0.3) is 0 Å². The highest BCUT2D eigenvalue weighted by atomic mass is 32.2. The quantitative estimate of drug-likeness (QED) is 0.747. The van der Waals surface area contributed by atoms with E-state index in [4.69, 9.17) is 4.74 Å². The third-order valence-corrected chi connectivity index (χ3v) is 3.07.